The Bertz CT molecular complexity index is 1310. The number of hydrogen-bond donors (Lipinski definition) is 2. The molecule has 0 spiro atoms. The monoisotopic (exact) mass is 479 g/mol. The Labute approximate surface area is 185 Å². The largest absolute Gasteiger partial charge is 0.454 e. The van der Waals surface area contributed by atoms with Crippen LogP contribution >= 0.6 is 22.9 Å². The number of sulfonamides is 1. The van der Waals surface area contributed by atoms with Gasteiger partial charge in [-0.15, -0.1) is 11.3 Å². The second-order valence-corrected chi connectivity index (χ2v) is 9.23. The van der Waals surface area contributed by atoms with Gasteiger partial charge < -0.3 is 19.4 Å². The maximum Gasteiger partial charge on any atom is 0.265 e. The van der Waals surface area contributed by atoms with Crippen LogP contribution in [0, 0.1) is 5.41 Å². The van der Waals surface area contributed by atoms with Crippen LogP contribution in [-0.4, -0.2) is 32.4 Å². The molecule has 0 unspecified atom stereocenters. The van der Waals surface area contributed by atoms with Crippen LogP contribution in [-0.2, 0) is 16.4 Å². The summed E-state index contributed by atoms with van der Waals surface area (Å²) in [5.74, 6) is 0.240. The number of benzene rings is 1. The molecular formula is C19H14ClN3O6S2. The second-order valence-electron chi connectivity index (χ2n) is 6.28. The fourth-order valence-corrected chi connectivity index (χ4v) is 5.55. The first-order valence-electron chi connectivity index (χ1n) is 8.68. The Morgan fingerprint density at radius 1 is 1.35 bits per heavy atom. The minimum atomic E-state index is -4.18. The van der Waals surface area contributed by atoms with E-state index < -0.39 is 15.8 Å². The summed E-state index contributed by atoms with van der Waals surface area (Å²) in [5.41, 5.74) is 1.17. The van der Waals surface area contributed by atoms with Crippen LogP contribution in [0.4, 0.5) is 5.88 Å². The molecule has 2 aromatic heterocycles. The second kappa shape index (κ2) is 8.17. The lowest BCUT2D eigenvalue weighted by Gasteiger charge is -2.09. The fourth-order valence-electron chi connectivity index (χ4n) is 2.91. The van der Waals surface area contributed by atoms with Gasteiger partial charge in [0, 0.05) is 12.6 Å². The highest BCUT2D eigenvalue weighted by molar-refractivity contribution is 7.93. The van der Waals surface area contributed by atoms with Crippen LogP contribution < -0.4 is 14.2 Å². The minimum Gasteiger partial charge on any atom is -0.454 e. The molecule has 31 heavy (non-hydrogen) atoms. The summed E-state index contributed by atoms with van der Waals surface area (Å²) < 4.78 is 43.5. The summed E-state index contributed by atoms with van der Waals surface area (Å²) in [6.45, 7) is 3.56. The van der Waals surface area contributed by atoms with E-state index in [1.54, 1.807) is 12.1 Å². The summed E-state index contributed by atoms with van der Waals surface area (Å²) in [6.07, 6.45) is 2.28. The molecule has 0 fully saturated rings. The van der Waals surface area contributed by atoms with E-state index in [1.165, 1.54) is 17.5 Å². The Hall–Kier alpha value is -3.15. The number of ketones is 1. The highest BCUT2D eigenvalue weighted by Gasteiger charge is 2.28. The summed E-state index contributed by atoms with van der Waals surface area (Å²) in [4.78, 5) is 12.8. The zero-order valence-corrected chi connectivity index (χ0v) is 18.1. The highest BCUT2D eigenvalue weighted by atomic mass is 35.5. The first-order chi connectivity index (χ1) is 14.8. The number of nitrogens with one attached hydrogen (secondary N) is 2. The van der Waals surface area contributed by atoms with Crippen LogP contribution in [0.2, 0.25) is 5.02 Å². The zero-order chi connectivity index (χ0) is 22.2. The first kappa shape index (κ1) is 21.1. The van der Waals surface area contributed by atoms with Crippen molar-refractivity contribution in [3.8, 4) is 11.5 Å². The molecule has 9 nitrogen and oxygen atoms in total. The molecule has 3 aromatic rings. The number of rotatable bonds is 8. The summed E-state index contributed by atoms with van der Waals surface area (Å²) in [5, 5.41) is 12.7. The molecule has 3 heterocycles. The van der Waals surface area contributed by atoms with E-state index in [1.807, 2.05) is 0 Å². The molecular weight excluding hydrogens is 466 g/mol. The minimum absolute atomic E-state index is 0.0284. The zero-order valence-electron chi connectivity index (χ0n) is 15.7. The van der Waals surface area contributed by atoms with Crippen LogP contribution in [0.15, 0.2) is 39.6 Å². The van der Waals surface area contributed by atoms with Gasteiger partial charge in [0.2, 0.25) is 6.79 Å². The number of hydrogen-bond acceptors (Lipinski definition) is 9. The van der Waals surface area contributed by atoms with Crippen LogP contribution in [0.3, 0.4) is 0 Å². The van der Waals surface area contributed by atoms with E-state index in [-0.39, 0.29) is 39.6 Å². The Balaban J connectivity index is 1.62. The predicted octanol–water partition coefficient (Wildman–Crippen LogP) is 3.99. The first-order valence-corrected chi connectivity index (χ1v) is 11.4. The van der Waals surface area contributed by atoms with E-state index in [0.717, 1.165) is 17.6 Å². The molecule has 1 aliphatic rings. The van der Waals surface area contributed by atoms with Crippen molar-refractivity contribution in [3.63, 3.8) is 0 Å². The summed E-state index contributed by atoms with van der Waals surface area (Å²) in [7, 11) is -4.18. The van der Waals surface area contributed by atoms with Crippen LogP contribution in [0.5, 0.6) is 11.5 Å². The maximum atomic E-state index is 13.0. The standard InChI is InChI=1S/C19H14ClN3O6S2/c1-2-12-17(20)19(29-22-12)23-31(25,26)16-3-4-30-18(16)13(24)5-10-6-14-15(28-9-27-14)7-11(10)8-21/h2-4,6-8,21,23H,1,5,9H2. The lowest BCUT2D eigenvalue weighted by Crippen LogP contribution is -2.16. The van der Waals surface area contributed by atoms with Gasteiger partial charge in [0.25, 0.3) is 15.9 Å². The normalized spacial score (nSPS) is 12.5. The van der Waals surface area contributed by atoms with Gasteiger partial charge in [0.15, 0.2) is 17.3 Å². The number of ether oxygens (including phenoxy) is 2. The molecule has 0 amide bonds. The van der Waals surface area contributed by atoms with E-state index in [0.29, 0.717) is 22.6 Å². The molecule has 0 bridgehead atoms. The highest BCUT2D eigenvalue weighted by Crippen LogP contribution is 2.36. The Morgan fingerprint density at radius 3 is 2.77 bits per heavy atom. The van der Waals surface area contributed by atoms with Gasteiger partial charge in [-0.05, 0) is 40.8 Å². The van der Waals surface area contributed by atoms with E-state index in [2.05, 4.69) is 16.5 Å². The fraction of sp³-hybridized carbons (Fsp3) is 0.105. The van der Waals surface area contributed by atoms with Crippen molar-refractivity contribution in [1.29, 1.82) is 5.41 Å². The van der Waals surface area contributed by atoms with Crippen molar-refractivity contribution >= 4 is 56.9 Å². The quantitative estimate of drug-likeness (QED) is 0.369. The van der Waals surface area contributed by atoms with Crippen molar-refractivity contribution < 1.29 is 27.2 Å². The van der Waals surface area contributed by atoms with Crippen molar-refractivity contribution in [2.75, 3.05) is 11.5 Å². The molecule has 1 aliphatic heterocycles. The van der Waals surface area contributed by atoms with Gasteiger partial charge in [-0.25, -0.2) is 13.1 Å². The number of carbonyl (C=O) groups excluding carboxylic acids is 1. The third kappa shape index (κ3) is 3.94. The smallest absolute Gasteiger partial charge is 0.265 e. The number of fused-ring (bicyclic) bond motifs is 1. The number of nitrogens with zero attached hydrogens (tertiary/aromatic N) is 1. The average Bonchev–Trinajstić information content (AvgIpc) is 3.47. The average molecular weight is 480 g/mol. The van der Waals surface area contributed by atoms with Gasteiger partial charge in [-0.2, -0.15) is 0 Å². The number of aromatic nitrogens is 1. The lowest BCUT2D eigenvalue weighted by molar-refractivity contribution is 0.0994. The summed E-state index contributed by atoms with van der Waals surface area (Å²) in [6, 6.07) is 4.54. The van der Waals surface area contributed by atoms with Gasteiger partial charge in [0.05, 0.1) is 4.88 Å². The van der Waals surface area contributed by atoms with E-state index in [4.69, 9.17) is 31.0 Å². The van der Waals surface area contributed by atoms with Gasteiger partial charge in [0.1, 0.15) is 15.6 Å². The van der Waals surface area contributed by atoms with Crippen molar-refractivity contribution in [2.45, 2.75) is 11.3 Å². The number of halogens is 1. The molecule has 12 heteroatoms. The Morgan fingerprint density at radius 2 is 2.10 bits per heavy atom. The van der Waals surface area contributed by atoms with Gasteiger partial charge in [-0.3, -0.25) is 4.79 Å². The van der Waals surface area contributed by atoms with E-state index >= 15 is 0 Å². The van der Waals surface area contributed by atoms with Crippen molar-refractivity contribution in [3.05, 3.63) is 56.9 Å². The number of carbonyl (C=O) groups is 1. The summed E-state index contributed by atoms with van der Waals surface area (Å²) >= 11 is 7.01. The molecule has 0 saturated heterocycles. The Kier molecular flexibility index (Phi) is 5.56. The number of thiophene rings is 1. The molecule has 1 aromatic carbocycles. The number of Topliss-reactive ketones (excluding diaryl/α,β-unsaturated/α-hetero) is 1. The third-order valence-electron chi connectivity index (χ3n) is 4.39. The molecule has 2 N–H and O–H groups in total. The number of anilines is 1. The molecule has 0 radical (unpaired) electrons. The molecule has 160 valence electrons. The molecule has 0 atom stereocenters. The molecule has 4 rings (SSSR count). The molecule has 0 aliphatic carbocycles. The topological polar surface area (TPSA) is 132 Å². The van der Waals surface area contributed by atoms with Crippen LogP contribution in [0.25, 0.3) is 6.08 Å². The predicted molar refractivity (Wildman–Crippen MR) is 115 cm³/mol. The van der Waals surface area contributed by atoms with Crippen molar-refractivity contribution in [2.24, 2.45) is 0 Å². The molecule has 0 saturated carbocycles. The third-order valence-corrected chi connectivity index (χ3v) is 7.22. The SMILES string of the molecule is C=Cc1noc(NS(=O)(=O)c2ccsc2C(=O)Cc2cc3c(cc2C=N)OCO3)c1Cl. The van der Waals surface area contributed by atoms with Gasteiger partial charge >= 0.3 is 0 Å². The lowest BCUT2D eigenvalue weighted by atomic mass is 10.0. The maximum absolute atomic E-state index is 13.0. The van der Waals surface area contributed by atoms with Crippen LogP contribution in [0.1, 0.15) is 26.5 Å². The van der Waals surface area contributed by atoms with Gasteiger partial charge in [-0.1, -0.05) is 23.3 Å². The van der Waals surface area contributed by atoms with E-state index in [9.17, 15) is 13.2 Å². The van der Waals surface area contributed by atoms with Crippen molar-refractivity contribution in [1.82, 2.24) is 5.16 Å².